The van der Waals surface area contributed by atoms with E-state index in [0.717, 1.165) is 0 Å². The Morgan fingerprint density at radius 2 is 2.43 bits per heavy atom. The van der Waals surface area contributed by atoms with Crippen molar-refractivity contribution in [1.29, 1.82) is 0 Å². The Hall–Kier alpha value is -2.62. The lowest BCUT2D eigenvalue weighted by Crippen LogP contribution is -2.34. The van der Waals surface area contributed by atoms with Crippen LogP contribution in [0.5, 0.6) is 0 Å². The Balaban J connectivity index is 1.74. The van der Waals surface area contributed by atoms with Gasteiger partial charge in [0.25, 0.3) is 5.56 Å². The van der Waals surface area contributed by atoms with E-state index in [-0.39, 0.29) is 18.0 Å². The first kappa shape index (κ1) is 13.4. The normalized spacial score (nSPS) is 12.4. The maximum absolute atomic E-state index is 12.1. The number of carbonyl (C=O) groups excluding carboxylic acids is 1. The van der Waals surface area contributed by atoms with Gasteiger partial charge < -0.3 is 5.32 Å². The van der Waals surface area contributed by atoms with E-state index < -0.39 is 6.04 Å². The minimum Gasteiger partial charge on any atom is -0.345 e. The third-order valence-electron chi connectivity index (χ3n) is 2.89. The SMILES string of the molecule is CC(NC(=O)Cn1cnc2sccc2c1=O)c1nn[nH]n1. The van der Waals surface area contributed by atoms with Gasteiger partial charge in [0.15, 0.2) is 5.82 Å². The zero-order valence-electron chi connectivity index (χ0n) is 11.0. The molecule has 0 aliphatic heterocycles. The van der Waals surface area contributed by atoms with Gasteiger partial charge in [-0.3, -0.25) is 14.2 Å². The van der Waals surface area contributed by atoms with Crippen LogP contribution in [0.4, 0.5) is 0 Å². The minimum atomic E-state index is -0.398. The Kier molecular flexibility index (Phi) is 3.44. The van der Waals surface area contributed by atoms with E-state index >= 15 is 0 Å². The molecule has 0 spiro atoms. The third kappa shape index (κ3) is 2.65. The maximum Gasteiger partial charge on any atom is 0.262 e. The Morgan fingerprint density at radius 1 is 1.57 bits per heavy atom. The first-order valence-corrected chi connectivity index (χ1v) is 6.98. The predicted molar refractivity (Wildman–Crippen MR) is 74.6 cm³/mol. The number of aromatic nitrogens is 6. The Morgan fingerprint density at radius 3 is 3.19 bits per heavy atom. The number of thiophene rings is 1. The van der Waals surface area contributed by atoms with Crippen LogP contribution >= 0.6 is 11.3 Å². The third-order valence-corrected chi connectivity index (χ3v) is 3.71. The summed E-state index contributed by atoms with van der Waals surface area (Å²) in [7, 11) is 0. The second-order valence-corrected chi connectivity index (χ2v) is 5.27. The van der Waals surface area contributed by atoms with Crippen molar-refractivity contribution in [3.8, 4) is 0 Å². The molecule has 0 fully saturated rings. The first-order chi connectivity index (χ1) is 10.1. The van der Waals surface area contributed by atoms with Gasteiger partial charge in [-0.25, -0.2) is 4.98 Å². The smallest absolute Gasteiger partial charge is 0.262 e. The number of hydrogen-bond donors (Lipinski definition) is 2. The fraction of sp³-hybridized carbons (Fsp3) is 0.273. The number of nitrogens with one attached hydrogen (secondary N) is 2. The molecule has 2 N–H and O–H groups in total. The van der Waals surface area contributed by atoms with Crippen LogP contribution in [-0.4, -0.2) is 36.1 Å². The van der Waals surface area contributed by atoms with Gasteiger partial charge in [0.2, 0.25) is 5.91 Å². The molecule has 0 saturated heterocycles. The molecule has 3 heterocycles. The summed E-state index contributed by atoms with van der Waals surface area (Å²) in [5.74, 6) is 0.0490. The van der Waals surface area contributed by atoms with Crippen molar-refractivity contribution in [3.05, 3.63) is 34.0 Å². The molecule has 0 radical (unpaired) electrons. The van der Waals surface area contributed by atoms with Gasteiger partial charge in [0.1, 0.15) is 11.4 Å². The molecule has 21 heavy (non-hydrogen) atoms. The van der Waals surface area contributed by atoms with Crippen LogP contribution in [0.2, 0.25) is 0 Å². The molecule has 3 aromatic heterocycles. The molecule has 0 saturated carbocycles. The highest BCUT2D eigenvalue weighted by Gasteiger charge is 2.14. The fourth-order valence-corrected chi connectivity index (χ4v) is 2.59. The van der Waals surface area contributed by atoms with Gasteiger partial charge in [-0.15, -0.1) is 21.5 Å². The highest BCUT2D eigenvalue weighted by atomic mass is 32.1. The van der Waals surface area contributed by atoms with E-state index in [1.54, 1.807) is 18.4 Å². The summed E-state index contributed by atoms with van der Waals surface area (Å²) in [6.45, 7) is 1.62. The molecule has 0 aromatic carbocycles. The van der Waals surface area contributed by atoms with E-state index in [1.165, 1.54) is 22.2 Å². The highest BCUT2D eigenvalue weighted by molar-refractivity contribution is 7.16. The summed E-state index contributed by atoms with van der Waals surface area (Å²) in [6, 6.07) is 1.30. The molecule has 0 bridgehead atoms. The number of fused-ring (bicyclic) bond motifs is 1. The molecule has 1 amide bonds. The molecule has 108 valence electrons. The fourth-order valence-electron chi connectivity index (χ4n) is 1.87. The number of tetrazole rings is 1. The van der Waals surface area contributed by atoms with E-state index in [2.05, 4.69) is 30.9 Å². The second kappa shape index (κ2) is 5.40. The van der Waals surface area contributed by atoms with Crippen molar-refractivity contribution < 1.29 is 4.79 Å². The summed E-state index contributed by atoms with van der Waals surface area (Å²) < 4.78 is 1.27. The van der Waals surface area contributed by atoms with Crippen molar-refractivity contribution in [2.45, 2.75) is 19.5 Å². The van der Waals surface area contributed by atoms with Crippen LogP contribution in [0, 0.1) is 0 Å². The Bertz CT molecular complexity index is 823. The number of nitrogens with zero attached hydrogens (tertiary/aromatic N) is 5. The lowest BCUT2D eigenvalue weighted by Gasteiger charge is -2.10. The van der Waals surface area contributed by atoms with Gasteiger partial charge in [-0.2, -0.15) is 5.21 Å². The number of amides is 1. The second-order valence-electron chi connectivity index (χ2n) is 4.38. The predicted octanol–water partition coefficient (Wildman–Crippen LogP) is -0.152. The van der Waals surface area contributed by atoms with Crippen molar-refractivity contribution >= 4 is 27.5 Å². The molecule has 3 rings (SSSR count). The van der Waals surface area contributed by atoms with Crippen molar-refractivity contribution in [2.24, 2.45) is 0 Å². The van der Waals surface area contributed by atoms with Crippen LogP contribution < -0.4 is 10.9 Å². The van der Waals surface area contributed by atoms with E-state index in [1.807, 2.05) is 0 Å². The Labute approximate surface area is 122 Å². The average Bonchev–Trinajstić information content (AvgIpc) is 3.12. The summed E-state index contributed by atoms with van der Waals surface area (Å²) in [6.07, 6.45) is 1.37. The van der Waals surface area contributed by atoms with Crippen molar-refractivity contribution in [2.75, 3.05) is 0 Å². The molecular formula is C11H11N7O2S. The number of hydrogen-bond acceptors (Lipinski definition) is 7. The molecule has 9 nitrogen and oxygen atoms in total. The average molecular weight is 305 g/mol. The lowest BCUT2D eigenvalue weighted by molar-refractivity contribution is -0.122. The maximum atomic E-state index is 12.1. The number of aromatic amines is 1. The molecule has 0 aliphatic rings. The van der Waals surface area contributed by atoms with Gasteiger partial charge in [0, 0.05) is 0 Å². The quantitative estimate of drug-likeness (QED) is 0.692. The number of carbonyl (C=O) groups is 1. The van der Waals surface area contributed by atoms with Gasteiger partial charge in [0.05, 0.1) is 17.8 Å². The van der Waals surface area contributed by atoms with Gasteiger partial charge in [-0.05, 0) is 18.4 Å². The highest BCUT2D eigenvalue weighted by Crippen LogP contribution is 2.13. The zero-order chi connectivity index (χ0) is 14.8. The van der Waals surface area contributed by atoms with Gasteiger partial charge in [-0.1, -0.05) is 5.21 Å². The molecule has 0 aliphatic carbocycles. The topological polar surface area (TPSA) is 118 Å². The zero-order valence-corrected chi connectivity index (χ0v) is 11.8. The van der Waals surface area contributed by atoms with Crippen LogP contribution in [-0.2, 0) is 11.3 Å². The van der Waals surface area contributed by atoms with Crippen LogP contribution in [0.1, 0.15) is 18.8 Å². The molecule has 1 atom stereocenters. The molecule has 1 unspecified atom stereocenters. The monoisotopic (exact) mass is 305 g/mol. The van der Waals surface area contributed by atoms with Crippen LogP contribution in [0.25, 0.3) is 10.2 Å². The van der Waals surface area contributed by atoms with E-state index in [0.29, 0.717) is 16.0 Å². The molecule has 3 aromatic rings. The number of H-pyrrole nitrogens is 1. The minimum absolute atomic E-state index is 0.111. The summed E-state index contributed by atoms with van der Waals surface area (Å²) >= 11 is 1.39. The van der Waals surface area contributed by atoms with Crippen LogP contribution in [0.3, 0.4) is 0 Å². The molecule has 10 heteroatoms. The molecular weight excluding hydrogens is 294 g/mol. The summed E-state index contributed by atoms with van der Waals surface area (Å²) in [4.78, 5) is 28.9. The number of rotatable bonds is 4. The van der Waals surface area contributed by atoms with Gasteiger partial charge >= 0.3 is 0 Å². The van der Waals surface area contributed by atoms with E-state index in [4.69, 9.17) is 0 Å². The first-order valence-electron chi connectivity index (χ1n) is 6.10. The van der Waals surface area contributed by atoms with E-state index in [9.17, 15) is 9.59 Å². The van der Waals surface area contributed by atoms with Crippen LogP contribution in [0.15, 0.2) is 22.6 Å². The summed E-state index contributed by atoms with van der Waals surface area (Å²) in [5.41, 5.74) is -0.233. The van der Waals surface area contributed by atoms with Crippen molar-refractivity contribution in [1.82, 2.24) is 35.5 Å². The largest absolute Gasteiger partial charge is 0.345 e. The van der Waals surface area contributed by atoms with Crippen molar-refractivity contribution in [3.63, 3.8) is 0 Å². The lowest BCUT2D eigenvalue weighted by atomic mass is 10.3. The summed E-state index contributed by atoms with van der Waals surface area (Å²) in [5, 5.41) is 18.3. The standard InChI is InChI=1S/C11H11N7O2S/c1-6(9-14-16-17-15-9)13-8(19)4-18-5-12-10-7(11(18)20)2-3-21-10/h2-3,5-6H,4H2,1H3,(H,13,19)(H,14,15,16,17).